The number of nitrogens with zero attached hydrogens (tertiary/aromatic N) is 1. The van der Waals surface area contributed by atoms with Gasteiger partial charge in [0.15, 0.2) is 11.4 Å². The topological polar surface area (TPSA) is 89.5 Å². The number of hydrogen-bond acceptors (Lipinski definition) is 4. The van der Waals surface area contributed by atoms with Crippen molar-refractivity contribution in [1.29, 1.82) is 0 Å². The average Bonchev–Trinajstić information content (AvgIpc) is 2.78. The van der Waals surface area contributed by atoms with Crippen LogP contribution in [0.1, 0.15) is 31.1 Å². The molecule has 21 heavy (non-hydrogen) atoms. The molecule has 6 heteroatoms. The molecule has 0 aliphatic carbocycles. The number of Topliss-reactive ketones (excluding diaryl/α,β-unsaturated/α-hetero) is 1. The number of ketones is 1. The summed E-state index contributed by atoms with van der Waals surface area (Å²) in [5.74, 6) is -3.19. The number of rotatable bonds is 5. The Kier molecular flexibility index (Phi) is 3.97. The predicted octanol–water partition coefficient (Wildman–Crippen LogP) is 2.15. The standard InChI is InChI=1S/C15H17NO5/c1-4-16-11-6-5-10(7-12(11)21-15(16)20)13(17)8(2)9(3)14(18)19/h5-9H,4H2,1-3H3,(H,18,19). The van der Waals surface area contributed by atoms with E-state index in [0.717, 1.165) is 0 Å². The van der Waals surface area contributed by atoms with E-state index in [2.05, 4.69) is 0 Å². The molecule has 0 saturated carbocycles. The largest absolute Gasteiger partial charge is 0.481 e. The van der Waals surface area contributed by atoms with Crippen LogP contribution >= 0.6 is 0 Å². The molecule has 0 aliphatic rings. The first-order valence-electron chi connectivity index (χ1n) is 6.77. The Morgan fingerprint density at radius 1 is 1.29 bits per heavy atom. The summed E-state index contributed by atoms with van der Waals surface area (Å²) in [6.07, 6.45) is 0. The molecular formula is C15H17NO5. The summed E-state index contributed by atoms with van der Waals surface area (Å²) in [7, 11) is 0. The number of carbonyl (C=O) groups excluding carboxylic acids is 1. The monoisotopic (exact) mass is 291 g/mol. The summed E-state index contributed by atoms with van der Waals surface area (Å²) in [4.78, 5) is 34.9. The van der Waals surface area contributed by atoms with E-state index in [1.807, 2.05) is 6.92 Å². The van der Waals surface area contributed by atoms with Gasteiger partial charge in [0.2, 0.25) is 0 Å². The van der Waals surface area contributed by atoms with Crippen molar-refractivity contribution in [3.05, 3.63) is 34.3 Å². The van der Waals surface area contributed by atoms with Crippen molar-refractivity contribution in [3.63, 3.8) is 0 Å². The molecule has 1 heterocycles. The van der Waals surface area contributed by atoms with E-state index >= 15 is 0 Å². The Morgan fingerprint density at radius 2 is 1.95 bits per heavy atom. The highest BCUT2D eigenvalue weighted by Crippen LogP contribution is 2.21. The second-order valence-corrected chi connectivity index (χ2v) is 5.07. The normalized spacial score (nSPS) is 14.0. The number of carboxylic acid groups (broad SMARTS) is 1. The zero-order valence-electron chi connectivity index (χ0n) is 12.1. The fourth-order valence-corrected chi connectivity index (χ4v) is 2.22. The minimum atomic E-state index is -1.01. The number of carboxylic acids is 1. The van der Waals surface area contributed by atoms with E-state index in [1.165, 1.54) is 17.6 Å². The zero-order valence-corrected chi connectivity index (χ0v) is 12.1. The average molecular weight is 291 g/mol. The number of carbonyl (C=O) groups is 2. The van der Waals surface area contributed by atoms with E-state index in [-0.39, 0.29) is 5.78 Å². The second-order valence-electron chi connectivity index (χ2n) is 5.07. The highest BCUT2D eigenvalue weighted by atomic mass is 16.4. The Labute approximate surface area is 121 Å². The molecule has 0 fully saturated rings. The lowest BCUT2D eigenvalue weighted by Crippen LogP contribution is -2.25. The van der Waals surface area contributed by atoms with Gasteiger partial charge in [0.1, 0.15) is 0 Å². The van der Waals surface area contributed by atoms with Crippen LogP contribution in [0.25, 0.3) is 11.1 Å². The fourth-order valence-electron chi connectivity index (χ4n) is 2.22. The van der Waals surface area contributed by atoms with Gasteiger partial charge in [0, 0.05) is 18.0 Å². The van der Waals surface area contributed by atoms with Crippen LogP contribution in [-0.4, -0.2) is 21.4 Å². The lowest BCUT2D eigenvalue weighted by atomic mass is 9.88. The number of fused-ring (bicyclic) bond motifs is 1. The minimum absolute atomic E-state index is 0.279. The van der Waals surface area contributed by atoms with Crippen LogP contribution in [0.5, 0.6) is 0 Å². The molecule has 0 saturated heterocycles. The number of aryl methyl sites for hydroxylation is 1. The molecule has 2 aromatic rings. The predicted molar refractivity (Wildman–Crippen MR) is 76.4 cm³/mol. The molecule has 2 unspecified atom stereocenters. The van der Waals surface area contributed by atoms with Gasteiger partial charge in [0.25, 0.3) is 0 Å². The molecule has 0 bridgehead atoms. The van der Waals surface area contributed by atoms with Crippen molar-refractivity contribution in [2.75, 3.05) is 0 Å². The summed E-state index contributed by atoms with van der Waals surface area (Å²) in [6, 6.07) is 4.74. The Bertz CT molecular complexity index is 755. The van der Waals surface area contributed by atoms with Gasteiger partial charge in [0.05, 0.1) is 11.4 Å². The number of aliphatic carboxylic acids is 1. The lowest BCUT2D eigenvalue weighted by molar-refractivity contribution is -0.142. The highest BCUT2D eigenvalue weighted by molar-refractivity contribution is 6.01. The van der Waals surface area contributed by atoms with E-state index in [4.69, 9.17) is 9.52 Å². The fraction of sp³-hybridized carbons (Fsp3) is 0.400. The Balaban J connectivity index is 2.42. The van der Waals surface area contributed by atoms with Crippen molar-refractivity contribution < 1.29 is 19.1 Å². The quantitative estimate of drug-likeness (QED) is 0.852. The molecule has 112 valence electrons. The van der Waals surface area contributed by atoms with Crippen molar-refractivity contribution in [1.82, 2.24) is 4.57 Å². The maximum absolute atomic E-state index is 12.3. The van der Waals surface area contributed by atoms with Crippen LogP contribution < -0.4 is 5.76 Å². The molecule has 1 N–H and O–H groups in total. The first-order chi connectivity index (χ1) is 9.86. The number of oxazole rings is 1. The third-order valence-electron chi connectivity index (χ3n) is 3.82. The summed E-state index contributed by atoms with van der Waals surface area (Å²) >= 11 is 0. The molecule has 1 aromatic carbocycles. The van der Waals surface area contributed by atoms with Crippen molar-refractivity contribution in [2.24, 2.45) is 11.8 Å². The molecule has 0 amide bonds. The van der Waals surface area contributed by atoms with Gasteiger partial charge in [-0.2, -0.15) is 0 Å². The third kappa shape index (κ3) is 2.61. The Morgan fingerprint density at radius 3 is 2.52 bits per heavy atom. The number of hydrogen-bond donors (Lipinski definition) is 1. The van der Waals surface area contributed by atoms with E-state index in [0.29, 0.717) is 23.2 Å². The number of aromatic nitrogens is 1. The van der Waals surface area contributed by atoms with Gasteiger partial charge in [-0.25, -0.2) is 4.79 Å². The van der Waals surface area contributed by atoms with Crippen LogP contribution in [0.4, 0.5) is 0 Å². The van der Waals surface area contributed by atoms with Crippen molar-refractivity contribution in [3.8, 4) is 0 Å². The maximum atomic E-state index is 12.3. The first kappa shape index (κ1) is 15.0. The smallest absolute Gasteiger partial charge is 0.419 e. The van der Waals surface area contributed by atoms with Crippen LogP contribution in [0.2, 0.25) is 0 Å². The van der Waals surface area contributed by atoms with Gasteiger partial charge in [-0.15, -0.1) is 0 Å². The van der Waals surface area contributed by atoms with Crippen LogP contribution in [0.3, 0.4) is 0 Å². The van der Waals surface area contributed by atoms with Crippen LogP contribution in [-0.2, 0) is 11.3 Å². The van der Waals surface area contributed by atoms with Gasteiger partial charge >= 0.3 is 11.7 Å². The molecule has 1 aromatic heterocycles. The lowest BCUT2D eigenvalue weighted by Gasteiger charge is -2.14. The number of benzene rings is 1. The summed E-state index contributed by atoms with van der Waals surface area (Å²) < 4.78 is 6.57. The minimum Gasteiger partial charge on any atom is -0.481 e. The highest BCUT2D eigenvalue weighted by Gasteiger charge is 2.27. The second kappa shape index (κ2) is 5.55. The molecule has 0 radical (unpaired) electrons. The molecule has 2 atom stereocenters. The van der Waals surface area contributed by atoms with Gasteiger partial charge < -0.3 is 9.52 Å². The Hall–Kier alpha value is -2.37. The van der Waals surface area contributed by atoms with E-state index in [1.54, 1.807) is 19.1 Å². The van der Waals surface area contributed by atoms with Gasteiger partial charge in [-0.3, -0.25) is 14.2 Å². The molecule has 0 aliphatic heterocycles. The molecule has 2 rings (SSSR count). The van der Waals surface area contributed by atoms with Crippen molar-refractivity contribution >= 4 is 22.9 Å². The SMILES string of the molecule is CCn1c(=O)oc2cc(C(=O)C(C)C(C)C(=O)O)ccc21. The zero-order chi connectivity index (χ0) is 15.7. The first-order valence-corrected chi connectivity index (χ1v) is 6.77. The third-order valence-corrected chi connectivity index (χ3v) is 3.82. The van der Waals surface area contributed by atoms with Gasteiger partial charge in [-0.1, -0.05) is 13.8 Å². The van der Waals surface area contributed by atoms with E-state index < -0.39 is 23.6 Å². The van der Waals surface area contributed by atoms with Crippen LogP contribution in [0.15, 0.2) is 27.4 Å². The van der Waals surface area contributed by atoms with Crippen LogP contribution in [0, 0.1) is 11.8 Å². The maximum Gasteiger partial charge on any atom is 0.419 e. The molecule has 0 spiro atoms. The van der Waals surface area contributed by atoms with E-state index in [9.17, 15) is 14.4 Å². The molecular weight excluding hydrogens is 274 g/mol. The summed E-state index contributed by atoms with van der Waals surface area (Å²) in [6.45, 7) is 5.38. The van der Waals surface area contributed by atoms with Gasteiger partial charge in [-0.05, 0) is 25.1 Å². The summed E-state index contributed by atoms with van der Waals surface area (Å²) in [5.41, 5.74) is 1.31. The summed E-state index contributed by atoms with van der Waals surface area (Å²) in [5, 5.41) is 8.98. The molecule has 6 nitrogen and oxygen atoms in total. The van der Waals surface area contributed by atoms with Crippen molar-refractivity contribution in [2.45, 2.75) is 27.3 Å².